The third-order valence-electron chi connectivity index (χ3n) is 8.18. The number of fused-ring (bicyclic) bond motifs is 8. The molecule has 40 heavy (non-hydrogen) atoms. The van der Waals surface area contributed by atoms with Gasteiger partial charge in [0.25, 0.3) is 0 Å². The Morgan fingerprint density at radius 3 is 2.08 bits per heavy atom. The molecule has 4 aromatic heterocycles. The number of benzene rings is 3. The first-order valence-electron chi connectivity index (χ1n) is 13.9. The smallest absolute Gasteiger partial charge is 0.146 e. The van der Waals surface area contributed by atoms with Gasteiger partial charge >= 0.3 is 0 Å². The Bertz CT molecular complexity index is 2060. The number of para-hydroxylation sites is 2. The summed E-state index contributed by atoms with van der Waals surface area (Å²) >= 11 is 0. The van der Waals surface area contributed by atoms with Gasteiger partial charge < -0.3 is 0 Å². The summed E-state index contributed by atoms with van der Waals surface area (Å²) < 4.78 is 2.25. The Hall–Kier alpha value is -4.35. The van der Waals surface area contributed by atoms with Crippen LogP contribution in [0.1, 0.15) is 25.2 Å². The summed E-state index contributed by atoms with van der Waals surface area (Å²) in [5.74, 6) is 0. The molecule has 0 amide bonds. The first kappa shape index (κ1) is 24.7. The van der Waals surface area contributed by atoms with Crippen molar-refractivity contribution in [3.63, 3.8) is 0 Å². The van der Waals surface area contributed by atoms with E-state index >= 15 is 0 Å². The van der Waals surface area contributed by atoms with Crippen LogP contribution in [0.5, 0.6) is 0 Å². The Kier molecular flexibility index (Phi) is 5.45. The van der Waals surface area contributed by atoms with Gasteiger partial charge in [-0.2, -0.15) is 0 Å². The van der Waals surface area contributed by atoms with Crippen LogP contribution < -0.4 is 5.19 Å². The Morgan fingerprint density at radius 1 is 0.600 bits per heavy atom. The fourth-order valence-corrected chi connectivity index (χ4v) is 6.90. The van der Waals surface area contributed by atoms with Gasteiger partial charge in [0.05, 0.1) is 47.2 Å². The number of imidazole rings is 1. The second-order valence-corrected chi connectivity index (χ2v) is 17.3. The zero-order valence-electron chi connectivity index (χ0n) is 23.6. The fourth-order valence-electron chi connectivity index (χ4n) is 5.73. The lowest BCUT2D eigenvalue weighted by molar-refractivity contribution is 0.599. The predicted octanol–water partition coefficient (Wildman–Crippen LogP) is 8.12. The molecule has 196 valence electrons. The SMILES string of the molecule is CC(C)(c1cccc(-c2ccc([Si](C)(C)C)cc2)n1)c1ccc2c(n1)c1ccccc1c1nc3ccccc3n21. The van der Waals surface area contributed by atoms with Crippen molar-refractivity contribution in [3.05, 3.63) is 115 Å². The highest BCUT2D eigenvalue weighted by Gasteiger charge is 2.28. The predicted molar refractivity (Wildman–Crippen MR) is 170 cm³/mol. The van der Waals surface area contributed by atoms with E-state index in [9.17, 15) is 0 Å². The molecule has 0 aliphatic carbocycles. The van der Waals surface area contributed by atoms with Gasteiger partial charge in [-0.1, -0.05) is 91.6 Å². The zero-order chi connectivity index (χ0) is 27.6. The highest BCUT2D eigenvalue weighted by molar-refractivity contribution is 6.88. The van der Waals surface area contributed by atoms with Crippen molar-refractivity contribution in [3.8, 4) is 11.3 Å². The molecule has 3 aromatic carbocycles. The summed E-state index contributed by atoms with van der Waals surface area (Å²) in [7, 11) is -1.35. The first-order valence-corrected chi connectivity index (χ1v) is 17.4. The molecule has 4 heterocycles. The van der Waals surface area contributed by atoms with Crippen molar-refractivity contribution in [1.82, 2.24) is 19.4 Å². The molecule has 7 aromatic rings. The molecule has 4 nitrogen and oxygen atoms in total. The summed E-state index contributed by atoms with van der Waals surface area (Å²) in [6.07, 6.45) is 0. The number of hydrogen-bond acceptors (Lipinski definition) is 3. The molecule has 7 rings (SSSR count). The molecule has 5 heteroatoms. The molecule has 0 aliphatic rings. The van der Waals surface area contributed by atoms with Gasteiger partial charge in [-0.15, -0.1) is 0 Å². The van der Waals surface area contributed by atoms with Crippen molar-refractivity contribution in [2.24, 2.45) is 0 Å². The molecule has 0 fully saturated rings. The van der Waals surface area contributed by atoms with Gasteiger partial charge in [0.1, 0.15) is 5.65 Å². The Balaban J connectivity index is 1.39. The van der Waals surface area contributed by atoms with Gasteiger partial charge in [-0.25, -0.2) is 9.97 Å². The van der Waals surface area contributed by atoms with Crippen LogP contribution in [0.3, 0.4) is 0 Å². The molecule has 0 aliphatic heterocycles. The van der Waals surface area contributed by atoms with Crippen molar-refractivity contribution in [2.45, 2.75) is 38.9 Å². The van der Waals surface area contributed by atoms with Gasteiger partial charge in [0, 0.05) is 21.8 Å². The standard InChI is InChI=1S/C35H32N4Si/c1-35(2,31-16-10-14-27(36-31)23-17-19-24(20-18-23)40(3,4)5)32-22-21-30-33(38-32)25-11-6-7-12-26(25)34-37-28-13-8-9-15-29(28)39(30)34/h6-22H,1-5H3. The van der Waals surface area contributed by atoms with E-state index < -0.39 is 13.5 Å². The van der Waals surface area contributed by atoms with E-state index in [-0.39, 0.29) is 0 Å². The quantitative estimate of drug-likeness (QED) is 0.168. The summed E-state index contributed by atoms with van der Waals surface area (Å²) in [4.78, 5) is 15.5. The molecule has 0 atom stereocenters. The van der Waals surface area contributed by atoms with Crippen LogP contribution >= 0.6 is 0 Å². The normalized spacial score (nSPS) is 12.6. The fraction of sp³-hybridized carbons (Fsp3) is 0.171. The highest BCUT2D eigenvalue weighted by Crippen LogP contribution is 2.35. The Labute approximate surface area is 235 Å². The van der Waals surface area contributed by atoms with Gasteiger partial charge in [0.2, 0.25) is 0 Å². The monoisotopic (exact) mass is 536 g/mol. The van der Waals surface area contributed by atoms with E-state index in [1.165, 1.54) is 5.19 Å². The van der Waals surface area contributed by atoms with Crippen LogP contribution in [0.15, 0.2) is 103 Å². The number of aromatic nitrogens is 4. The van der Waals surface area contributed by atoms with E-state index in [1.807, 2.05) is 6.07 Å². The number of hydrogen-bond donors (Lipinski definition) is 0. The maximum Gasteiger partial charge on any atom is 0.146 e. The lowest BCUT2D eigenvalue weighted by Gasteiger charge is -2.25. The van der Waals surface area contributed by atoms with E-state index in [4.69, 9.17) is 15.0 Å². The summed E-state index contributed by atoms with van der Waals surface area (Å²) in [6, 6.07) is 36.5. The van der Waals surface area contributed by atoms with Crippen molar-refractivity contribution in [1.29, 1.82) is 0 Å². The lowest BCUT2D eigenvalue weighted by Crippen LogP contribution is -2.37. The van der Waals surface area contributed by atoms with Crippen LogP contribution in [0.2, 0.25) is 19.6 Å². The second-order valence-electron chi connectivity index (χ2n) is 12.2. The minimum atomic E-state index is -1.35. The van der Waals surface area contributed by atoms with Crippen LogP contribution in [-0.2, 0) is 5.41 Å². The topological polar surface area (TPSA) is 43.1 Å². The van der Waals surface area contributed by atoms with Crippen LogP contribution in [0, 0.1) is 0 Å². The van der Waals surface area contributed by atoms with Gasteiger partial charge in [-0.3, -0.25) is 9.38 Å². The third-order valence-corrected chi connectivity index (χ3v) is 10.2. The molecule has 0 N–H and O–H groups in total. The van der Waals surface area contributed by atoms with Crippen LogP contribution in [-0.4, -0.2) is 27.4 Å². The number of nitrogens with zero attached hydrogens (tertiary/aromatic N) is 4. The molecule has 0 saturated heterocycles. The zero-order valence-corrected chi connectivity index (χ0v) is 24.6. The molecule has 0 saturated carbocycles. The minimum Gasteiger partial charge on any atom is -0.290 e. The Morgan fingerprint density at radius 2 is 1.30 bits per heavy atom. The maximum absolute atomic E-state index is 5.34. The average molecular weight is 537 g/mol. The van der Waals surface area contributed by atoms with Crippen molar-refractivity contribution in [2.75, 3.05) is 0 Å². The molecular formula is C35H32N4Si. The van der Waals surface area contributed by atoms with Crippen molar-refractivity contribution < 1.29 is 0 Å². The summed E-state index contributed by atoms with van der Waals surface area (Å²) in [5, 5.41) is 3.68. The van der Waals surface area contributed by atoms with E-state index in [0.29, 0.717) is 0 Å². The minimum absolute atomic E-state index is 0.393. The molecule has 0 radical (unpaired) electrons. The van der Waals surface area contributed by atoms with E-state index in [0.717, 1.165) is 61.1 Å². The summed E-state index contributed by atoms with van der Waals surface area (Å²) in [5.41, 5.74) is 8.83. The largest absolute Gasteiger partial charge is 0.290 e. The second kappa shape index (κ2) is 8.83. The van der Waals surface area contributed by atoms with Crippen molar-refractivity contribution >= 4 is 51.7 Å². The van der Waals surface area contributed by atoms with Crippen LogP contribution in [0.25, 0.3) is 49.7 Å². The third kappa shape index (κ3) is 3.84. The van der Waals surface area contributed by atoms with Gasteiger partial charge in [-0.05, 0) is 50.2 Å². The molecule has 0 spiro atoms. The van der Waals surface area contributed by atoms with Gasteiger partial charge in [0.15, 0.2) is 0 Å². The summed E-state index contributed by atoms with van der Waals surface area (Å²) in [6.45, 7) is 11.6. The molecule has 0 bridgehead atoms. The van der Waals surface area contributed by atoms with Crippen LogP contribution in [0.4, 0.5) is 0 Å². The average Bonchev–Trinajstić information content (AvgIpc) is 3.37. The lowest BCUT2D eigenvalue weighted by atomic mass is 9.84. The number of rotatable bonds is 4. The van der Waals surface area contributed by atoms with E-state index in [2.05, 4.69) is 135 Å². The highest BCUT2D eigenvalue weighted by atomic mass is 28.3. The molecule has 0 unspecified atom stereocenters. The first-order chi connectivity index (χ1) is 19.2. The maximum atomic E-state index is 5.34. The molecular weight excluding hydrogens is 504 g/mol. The number of pyridine rings is 3. The van der Waals surface area contributed by atoms with E-state index in [1.54, 1.807) is 0 Å².